The van der Waals surface area contributed by atoms with Gasteiger partial charge in [-0.3, -0.25) is 10.1 Å². The first-order valence-electron chi connectivity index (χ1n) is 7.10. The number of anilines is 2. The Hall–Kier alpha value is -2.58. The molecule has 2 aromatic carbocycles. The third-order valence-corrected chi connectivity index (χ3v) is 3.92. The molecule has 2 rings (SSSR count). The van der Waals surface area contributed by atoms with E-state index >= 15 is 0 Å². The van der Waals surface area contributed by atoms with Crippen molar-refractivity contribution in [2.75, 3.05) is 24.9 Å². The number of halogens is 1. The van der Waals surface area contributed by atoms with Crippen molar-refractivity contribution in [3.05, 3.63) is 51.0 Å². The van der Waals surface area contributed by atoms with Gasteiger partial charge in [0.25, 0.3) is 5.69 Å². The number of rotatable bonds is 5. The molecule has 9 heteroatoms. The van der Waals surface area contributed by atoms with Gasteiger partial charge in [0.1, 0.15) is 0 Å². The van der Waals surface area contributed by atoms with Crippen molar-refractivity contribution in [3.8, 4) is 11.5 Å². The fraction of sp³-hybridized carbons (Fsp3) is 0.188. The van der Waals surface area contributed by atoms with Gasteiger partial charge in [-0.05, 0) is 36.8 Å². The lowest BCUT2D eigenvalue weighted by atomic mass is 10.1. The maximum absolute atomic E-state index is 10.9. The van der Waals surface area contributed by atoms with Crippen LogP contribution in [0.15, 0.2) is 30.3 Å². The van der Waals surface area contributed by atoms with Crippen LogP contribution in [0.2, 0.25) is 5.02 Å². The molecule has 132 valence electrons. The van der Waals surface area contributed by atoms with Gasteiger partial charge < -0.3 is 20.1 Å². The Kier molecular flexibility index (Phi) is 6.00. The standard InChI is InChI=1S/C16H16ClN3O4S/c1-9-6-14(23-2)15(24-3)8-12(9)18-16(25)19-13-7-10(20(21)22)4-5-11(13)17/h4-8H,1-3H3,(H2,18,19,25). The second-order valence-electron chi connectivity index (χ2n) is 5.02. The van der Waals surface area contributed by atoms with Gasteiger partial charge in [-0.1, -0.05) is 11.6 Å². The summed E-state index contributed by atoms with van der Waals surface area (Å²) >= 11 is 11.3. The van der Waals surface area contributed by atoms with Gasteiger partial charge in [0.05, 0.1) is 29.9 Å². The van der Waals surface area contributed by atoms with Gasteiger partial charge >= 0.3 is 0 Å². The van der Waals surface area contributed by atoms with E-state index in [1.165, 1.54) is 25.3 Å². The molecular weight excluding hydrogens is 366 g/mol. The van der Waals surface area contributed by atoms with E-state index in [0.29, 0.717) is 27.9 Å². The molecule has 0 heterocycles. The van der Waals surface area contributed by atoms with Crippen LogP contribution in [-0.4, -0.2) is 24.3 Å². The highest BCUT2D eigenvalue weighted by Crippen LogP contribution is 2.33. The molecule has 0 bridgehead atoms. The zero-order valence-electron chi connectivity index (χ0n) is 13.8. The average molecular weight is 382 g/mol. The quantitative estimate of drug-likeness (QED) is 0.451. The monoisotopic (exact) mass is 381 g/mol. The molecule has 0 aliphatic heterocycles. The number of benzene rings is 2. The first kappa shape index (κ1) is 18.8. The van der Waals surface area contributed by atoms with Crippen molar-refractivity contribution >= 4 is 46.0 Å². The Bertz CT molecular complexity index is 829. The van der Waals surface area contributed by atoms with Crippen LogP contribution in [0, 0.1) is 17.0 Å². The molecular formula is C16H16ClN3O4S. The van der Waals surface area contributed by atoms with Gasteiger partial charge in [-0.15, -0.1) is 0 Å². The molecule has 0 aliphatic carbocycles. The Labute approximate surface area is 155 Å². The molecule has 0 atom stereocenters. The number of aryl methyl sites for hydroxylation is 1. The Morgan fingerprint density at radius 1 is 1.12 bits per heavy atom. The molecule has 0 spiro atoms. The predicted molar refractivity (Wildman–Crippen MR) is 102 cm³/mol. The van der Waals surface area contributed by atoms with E-state index in [1.54, 1.807) is 13.2 Å². The fourth-order valence-corrected chi connectivity index (χ4v) is 2.50. The first-order chi connectivity index (χ1) is 11.8. The van der Waals surface area contributed by atoms with E-state index in [1.807, 2.05) is 13.0 Å². The van der Waals surface area contributed by atoms with E-state index < -0.39 is 4.92 Å². The Morgan fingerprint density at radius 2 is 1.72 bits per heavy atom. The summed E-state index contributed by atoms with van der Waals surface area (Å²) < 4.78 is 10.5. The lowest BCUT2D eigenvalue weighted by molar-refractivity contribution is -0.384. The van der Waals surface area contributed by atoms with Crippen molar-refractivity contribution in [1.82, 2.24) is 0 Å². The Balaban J connectivity index is 2.21. The van der Waals surface area contributed by atoms with Crippen molar-refractivity contribution in [2.24, 2.45) is 0 Å². The van der Waals surface area contributed by atoms with Crippen LogP contribution in [0.1, 0.15) is 5.56 Å². The molecule has 2 aromatic rings. The van der Waals surface area contributed by atoms with E-state index in [4.69, 9.17) is 33.3 Å². The van der Waals surface area contributed by atoms with Crippen LogP contribution in [0.5, 0.6) is 11.5 Å². The third-order valence-electron chi connectivity index (χ3n) is 3.39. The number of hydrogen-bond acceptors (Lipinski definition) is 5. The van der Waals surface area contributed by atoms with E-state index in [0.717, 1.165) is 5.56 Å². The fourth-order valence-electron chi connectivity index (χ4n) is 2.11. The maximum Gasteiger partial charge on any atom is 0.271 e. The zero-order valence-corrected chi connectivity index (χ0v) is 15.3. The Morgan fingerprint density at radius 3 is 2.32 bits per heavy atom. The molecule has 0 fully saturated rings. The molecule has 25 heavy (non-hydrogen) atoms. The van der Waals surface area contributed by atoms with Gasteiger partial charge in [-0.25, -0.2) is 0 Å². The molecule has 0 aliphatic rings. The van der Waals surface area contributed by atoms with Crippen molar-refractivity contribution in [3.63, 3.8) is 0 Å². The van der Waals surface area contributed by atoms with Crippen LogP contribution in [-0.2, 0) is 0 Å². The second-order valence-corrected chi connectivity index (χ2v) is 5.84. The lowest BCUT2D eigenvalue weighted by Gasteiger charge is -2.16. The van der Waals surface area contributed by atoms with Crippen LogP contribution < -0.4 is 20.1 Å². The van der Waals surface area contributed by atoms with E-state index in [9.17, 15) is 10.1 Å². The molecule has 0 unspecified atom stereocenters. The van der Waals surface area contributed by atoms with E-state index in [-0.39, 0.29) is 10.8 Å². The molecule has 7 nitrogen and oxygen atoms in total. The normalized spacial score (nSPS) is 10.1. The summed E-state index contributed by atoms with van der Waals surface area (Å²) in [7, 11) is 3.09. The smallest absolute Gasteiger partial charge is 0.271 e. The van der Waals surface area contributed by atoms with Gasteiger partial charge in [0.15, 0.2) is 16.6 Å². The van der Waals surface area contributed by atoms with Crippen LogP contribution in [0.25, 0.3) is 0 Å². The molecule has 0 saturated carbocycles. The van der Waals surface area contributed by atoms with Crippen LogP contribution >= 0.6 is 23.8 Å². The number of hydrogen-bond donors (Lipinski definition) is 2. The topological polar surface area (TPSA) is 85.7 Å². The average Bonchev–Trinajstić information content (AvgIpc) is 2.57. The van der Waals surface area contributed by atoms with Gasteiger partial charge in [0, 0.05) is 23.9 Å². The number of non-ortho nitro benzene ring substituents is 1. The molecule has 0 saturated heterocycles. The van der Waals surface area contributed by atoms with Crippen LogP contribution in [0.4, 0.5) is 17.1 Å². The minimum Gasteiger partial charge on any atom is -0.493 e. The van der Waals surface area contributed by atoms with Crippen LogP contribution in [0.3, 0.4) is 0 Å². The largest absolute Gasteiger partial charge is 0.493 e. The highest BCUT2D eigenvalue weighted by atomic mass is 35.5. The van der Waals surface area contributed by atoms with Gasteiger partial charge in [0.2, 0.25) is 0 Å². The number of thiocarbonyl (C=S) groups is 1. The molecule has 2 N–H and O–H groups in total. The molecule has 0 amide bonds. The summed E-state index contributed by atoms with van der Waals surface area (Å²) in [5.41, 5.74) is 1.84. The SMILES string of the molecule is COc1cc(C)c(NC(=S)Nc2cc([N+](=O)[O-])ccc2Cl)cc1OC. The highest BCUT2D eigenvalue weighted by molar-refractivity contribution is 7.80. The molecule has 0 aromatic heterocycles. The second kappa shape index (κ2) is 8.00. The predicted octanol–water partition coefficient (Wildman–Crippen LogP) is 4.38. The van der Waals surface area contributed by atoms with Crippen molar-refractivity contribution < 1.29 is 14.4 Å². The number of nitrogens with zero attached hydrogens (tertiary/aromatic N) is 1. The number of nitro groups is 1. The number of nitro benzene ring substituents is 1. The van der Waals surface area contributed by atoms with Crippen molar-refractivity contribution in [1.29, 1.82) is 0 Å². The minimum atomic E-state index is -0.504. The summed E-state index contributed by atoms with van der Waals surface area (Å²) in [6.07, 6.45) is 0. The summed E-state index contributed by atoms with van der Waals surface area (Å²) in [5.74, 6) is 1.15. The highest BCUT2D eigenvalue weighted by Gasteiger charge is 2.13. The maximum atomic E-state index is 10.9. The van der Waals surface area contributed by atoms with E-state index in [2.05, 4.69) is 10.6 Å². The minimum absolute atomic E-state index is 0.0861. The zero-order chi connectivity index (χ0) is 18.6. The van der Waals surface area contributed by atoms with Gasteiger partial charge in [-0.2, -0.15) is 0 Å². The number of nitrogens with one attached hydrogen (secondary N) is 2. The summed E-state index contributed by atoms with van der Waals surface area (Å²) in [4.78, 5) is 10.4. The summed E-state index contributed by atoms with van der Waals surface area (Å²) in [5, 5.41) is 17.3. The first-order valence-corrected chi connectivity index (χ1v) is 7.89. The number of ether oxygens (including phenoxy) is 2. The number of methoxy groups -OCH3 is 2. The third kappa shape index (κ3) is 4.49. The summed E-state index contributed by atoms with van der Waals surface area (Å²) in [6.45, 7) is 1.88. The summed E-state index contributed by atoms with van der Waals surface area (Å²) in [6, 6.07) is 7.63. The van der Waals surface area contributed by atoms with Crippen molar-refractivity contribution in [2.45, 2.75) is 6.92 Å². The lowest BCUT2D eigenvalue weighted by Crippen LogP contribution is -2.20. The molecule has 0 radical (unpaired) electrons.